The van der Waals surface area contributed by atoms with E-state index in [0.29, 0.717) is 62.4 Å². The molecule has 11 nitrogen and oxygen atoms in total. The average Bonchev–Trinajstić information content (AvgIpc) is 2.97. The van der Waals surface area contributed by atoms with Gasteiger partial charge in [0.15, 0.2) is 11.5 Å². The lowest BCUT2D eigenvalue weighted by Gasteiger charge is -2.30. The van der Waals surface area contributed by atoms with Gasteiger partial charge in [-0.15, -0.1) is 0 Å². The number of nitrogens with one attached hydrogen (secondary N) is 1. The van der Waals surface area contributed by atoms with Crippen LogP contribution in [-0.2, 0) is 16.1 Å². The second-order valence-electron chi connectivity index (χ2n) is 8.51. The minimum Gasteiger partial charge on any atom is -0.493 e. The van der Waals surface area contributed by atoms with Crippen LogP contribution in [0.3, 0.4) is 0 Å². The molecule has 2 aliphatic heterocycles. The largest absolute Gasteiger partial charge is 0.493 e. The molecule has 37 heavy (non-hydrogen) atoms. The first-order chi connectivity index (χ1) is 18.3. The summed E-state index contributed by atoms with van der Waals surface area (Å²) in [4.78, 5) is 18.1. The topological polar surface area (TPSA) is 106 Å². The predicted molar refractivity (Wildman–Crippen MR) is 141 cm³/mol. The van der Waals surface area contributed by atoms with Crippen LogP contribution >= 0.6 is 0 Å². The zero-order valence-electron chi connectivity index (χ0n) is 20.9. The Balaban J connectivity index is 1.29. The maximum atomic E-state index is 5.95. The van der Waals surface area contributed by atoms with E-state index in [4.69, 9.17) is 23.9 Å². The fraction of sp³-hybridized carbons (Fsp3) is 0.385. The molecule has 0 bridgehead atoms. The molecule has 0 atom stereocenters. The molecule has 194 valence electrons. The molecular weight excluding hydrogens is 474 g/mol. The number of morpholine rings is 2. The summed E-state index contributed by atoms with van der Waals surface area (Å²) in [5.74, 6) is 2.89. The third kappa shape index (κ3) is 6.63. The van der Waals surface area contributed by atoms with Gasteiger partial charge in [0.05, 0.1) is 39.8 Å². The molecule has 0 spiro atoms. The molecule has 3 aromatic rings. The van der Waals surface area contributed by atoms with E-state index < -0.39 is 0 Å². The van der Waals surface area contributed by atoms with Crippen LogP contribution in [0.1, 0.15) is 11.1 Å². The summed E-state index contributed by atoms with van der Waals surface area (Å²) in [5, 5.41) is 4.37. The molecular formula is C26H31N7O4. The average molecular weight is 506 g/mol. The van der Waals surface area contributed by atoms with Gasteiger partial charge in [-0.2, -0.15) is 20.1 Å². The summed E-state index contributed by atoms with van der Waals surface area (Å²) in [6.07, 6.45) is 1.69. The number of ether oxygens (including phenoxy) is 4. The van der Waals surface area contributed by atoms with Crippen molar-refractivity contribution < 1.29 is 18.9 Å². The van der Waals surface area contributed by atoms with Gasteiger partial charge in [-0.25, -0.2) is 5.43 Å². The number of benzene rings is 2. The maximum absolute atomic E-state index is 5.95. The van der Waals surface area contributed by atoms with Gasteiger partial charge in [-0.05, 0) is 29.3 Å². The standard InChI is InChI=1S/C26H31N7O4/c1-34-23-17-21(7-8-22(23)37-19-20-5-3-2-4-6-20)18-27-31-24-28-25(32-9-13-35-14-10-32)30-26(29-24)33-11-15-36-16-12-33/h2-8,17-18H,9-16,19H2,1H3,(H,28,29,30,31). The summed E-state index contributed by atoms with van der Waals surface area (Å²) in [7, 11) is 1.62. The van der Waals surface area contributed by atoms with Gasteiger partial charge >= 0.3 is 0 Å². The van der Waals surface area contributed by atoms with Crippen molar-refractivity contribution in [3.05, 3.63) is 59.7 Å². The third-order valence-electron chi connectivity index (χ3n) is 6.00. The van der Waals surface area contributed by atoms with E-state index in [0.717, 1.165) is 37.3 Å². The highest BCUT2D eigenvalue weighted by molar-refractivity contribution is 5.81. The lowest BCUT2D eigenvalue weighted by atomic mass is 10.2. The van der Waals surface area contributed by atoms with Crippen LogP contribution in [0.4, 0.5) is 17.8 Å². The molecule has 0 unspecified atom stereocenters. The fourth-order valence-corrected chi connectivity index (χ4v) is 4.00. The van der Waals surface area contributed by atoms with E-state index in [1.807, 2.05) is 48.5 Å². The van der Waals surface area contributed by atoms with E-state index in [2.05, 4.69) is 30.3 Å². The third-order valence-corrected chi connectivity index (χ3v) is 6.00. The molecule has 3 heterocycles. The Morgan fingerprint density at radius 1 is 0.865 bits per heavy atom. The minimum absolute atomic E-state index is 0.379. The van der Waals surface area contributed by atoms with Crippen molar-refractivity contribution in [3.63, 3.8) is 0 Å². The smallest absolute Gasteiger partial charge is 0.250 e. The van der Waals surface area contributed by atoms with E-state index in [1.165, 1.54) is 0 Å². The van der Waals surface area contributed by atoms with Gasteiger partial charge in [-0.3, -0.25) is 0 Å². The second-order valence-corrected chi connectivity index (χ2v) is 8.51. The number of hydrogen-bond acceptors (Lipinski definition) is 11. The summed E-state index contributed by atoms with van der Waals surface area (Å²) in [6, 6.07) is 15.7. The van der Waals surface area contributed by atoms with Crippen LogP contribution in [0.25, 0.3) is 0 Å². The van der Waals surface area contributed by atoms with Gasteiger partial charge in [0.25, 0.3) is 0 Å². The first-order valence-corrected chi connectivity index (χ1v) is 12.3. The Kier molecular flexibility index (Phi) is 8.24. The fourth-order valence-electron chi connectivity index (χ4n) is 4.00. The first kappa shape index (κ1) is 24.7. The van der Waals surface area contributed by atoms with Gasteiger partial charge in [0, 0.05) is 26.2 Å². The van der Waals surface area contributed by atoms with E-state index in [-0.39, 0.29) is 0 Å². The monoisotopic (exact) mass is 505 g/mol. The van der Waals surface area contributed by atoms with Gasteiger partial charge in [0.1, 0.15) is 6.61 Å². The molecule has 2 saturated heterocycles. The molecule has 0 radical (unpaired) electrons. The van der Waals surface area contributed by atoms with E-state index in [1.54, 1.807) is 13.3 Å². The Morgan fingerprint density at radius 3 is 2.14 bits per heavy atom. The maximum Gasteiger partial charge on any atom is 0.250 e. The molecule has 5 rings (SSSR count). The molecule has 2 aliphatic rings. The molecule has 0 saturated carbocycles. The summed E-state index contributed by atoms with van der Waals surface area (Å²) in [6.45, 7) is 5.96. The first-order valence-electron chi connectivity index (χ1n) is 12.3. The van der Waals surface area contributed by atoms with E-state index >= 15 is 0 Å². The van der Waals surface area contributed by atoms with Crippen LogP contribution in [0.5, 0.6) is 11.5 Å². The zero-order chi connectivity index (χ0) is 25.3. The quantitative estimate of drug-likeness (QED) is 0.344. The predicted octanol–water partition coefficient (Wildman–Crippen LogP) is 2.58. The van der Waals surface area contributed by atoms with Gasteiger partial charge in [-0.1, -0.05) is 30.3 Å². The molecule has 0 amide bonds. The SMILES string of the molecule is COc1cc(C=NNc2nc(N3CCOCC3)nc(N3CCOCC3)n2)ccc1OCc1ccccc1. The number of methoxy groups -OCH3 is 1. The van der Waals surface area contributed by atoms with Crippen LogP contribution in [0.2, 0.25) is 0 Å². The molecule has 1 aromatic heterocycles. The number of anilines is 3. The number of hydrogen-bond donors (Lipinski definition) is 1. The highest BCUT2D eigenvalue weighted by atomic mass is 16.5. The van der Waals surface area contributed by atoms with Crippen molar-refractivity contribution in [2.45, 2.75) is 6.61 Å². The van der Waals surface area contributed by atoms with Crippen LogP contribution in [0.15, 0.2) is 53.6 Å². The molecule has 1 N–H and O–H groups in total. The molecule has 2 aromatic carbocycles. The van der Waals surface area contributed by atoms with Crippen molar-refractivity contribution in [2.75, 3.05) is 74.9 Å². The summed E-state index contributed by atoms with van der Waals surface area (Å²) in [5.41, 5.74) is 4.90. The summed E-state index contributed by atoms with van der Waals surface area (Å²) < 4.78 is 22.4. The van der Waals surface area contributed by atoms with Gasteiger partial charge < -0.3 is 28.7 Å². The Labute approximate surface area is 216 Å². The summed E-state index contributed by atoms with van der Waals surface area (Å²) >= 11 is 0. The van der Waals surface area contributed by atoms with E-state index in [9.17, 15) is 0 Å². The van der Waals surface area contributed by atoms with Crippen LogP contribution in [0, 0.1) is 0 Å². The Bertz CT molecular complexity index is 1150. The molecule has 2 fully saturated rings. The minimum atomic E-state index is 0.379. The number of rotatable bonds is 9. The second kappa shape index (κ2) is 12.3. The van der Waals surface area contributed by atoms with Crippen molar-refractivity contribution in [1.29, 1.82) is 0 Å². The number of aromatic nitrogens is 3. The molecule has 0 aliphatic carbocycles. The normalized spacial score (nSPS) is 16.1. The van der Waals surface area contributed by atoms with Gasteiger partial charge in [0.2, 0.25) is 17.8 Å². The highest BCUT2D eigenvalue weighted by Gasteiger charge is 2.20. The van der Waals surface area contributed by atoms with Crippen molar-refractivity contribution in [1.82, 2.24) is 15.0 Å². The lowest BCUT2D eigenvalue weighted by Crippen LogP contribution is -2.40. The van der Waals surface area contributed by atoms with Crippen molar-refractivity contribution >= 4 is 24.1 Å². The van der Waals surface area contributed by atoms with Crippen molar-refractivity contribution in [3.8, 4) is 11.5 Å². The Hall–Kier alpha value is -3.96. The number of hydrazone groups is 1. The number of nitrogens with zero attached hydrogens (tertiary/aromatic N) is 6. The zero-order valence-corrected chi connectivity index (χ0v) is 20.9. The Morgan fingerprint density at radius 2 is 1.51 bits per heavy atom. The van der Waals surface area contributed by atoms with Crippen LogP contribution < -0.4 is 24.7 Å². The highest BCUT2D eigenvalue weighted by Crippen LogP contribution is 2.28. The lowest BCUT2D eigenvalue weighted by molar-refractivity contribution is 0.121. The van der Waals surface area contributed by atoms with Crippen molar-refractivity contribution in [2.24, 2.45) is 5.10 Å². The van der Waals surface area contributed by atoms with Crippen LogP contribution in [-0.4, -0.2) is 80.9 Å². The molecule has 11 heteroatoms.